The number of fused-ring (bicyclic) bond motifs is 1. The molecule has 1 aliphatic rings. The Labute approximate surface area is 142 Å². The molecule has 1 amide bonds. The Balaban J connectivity index is 2.10. The number of nitrogens with zero attached hydrogens (tertiary/aromatic N) is 1. The molecule has 0 radical (unpaired) electrons. The first-order valence-electron chi connectivity index (χ1n) is 7.71. The second-order valence-electron chi connectivity index (χ2n) is 6.14. The minimum atomic E-state index is -4.52. The van der Waals surface area contributed by atoms with Crippen LogP contribution in [0.25, 0.3) is 0 Å². The van der Waals surface area contributed by atoms with Crippen molar-refractivity contribution in [1.29, 1.82) is 0 Å². The first-order chi connectivity index (χ1) is 11.7. The summed E-state index contributed by atoms with van der Waals surface area (Å²) >= 11 is 0. The van der Waals surface area contributed by atoms with Gasteiger partial charge in [0.25, 0.3) is 5.91 Å². The van der Waals surface area contributed by atoms with E-state index in [4.69, 9.17) is 0 Å². The van der Waals surface area contributed by atoms with Gasteiger partial charge in [-0.2, -0.15) is 13.2 Å². The summed E-state index contributed by atoms with van der Waals surface area (Å²) in [6, 6.07) is 9.65. The van der Waals surface area contributed by atoms with Gasteiger partial charge in [0.2, 0.25) is 0 Å². The number of rotatable bonds is 2. The van der Waals surface area contributed by atoms with Crippen LogP contribution < -0.4 is 5.32 Å². The summed E-state index contributed by atoms with van der Waals surface area (Å²) in [4.78, 5) is 13.4. The molecule has 0 saturated carbocycles. The summed E-state index contributed by atoms with van der Waals surface area (Å²) in [7, 11) is 0. The average molecular weight is 350 g/mol. The highest BCUT2D eigenvalue weighted by Crippen LogP contribution is 2.37. The molecule has 25 heavy (non-hydrogen) atoms. The van der Waals surface area contributed by atoms with E-state index in [1.165, 1.54) is 6.07 Å². The summed E-state index contributed by atoms with van der Waals surface area (Å²) in [5, 5.41) is 12.9. The van der Waals surface area contributed by atoms with E-state index in [9.17, 15) is 23.1 Å². The first kappa shape index (κ1) is 17.1. The lowest BCUT2D eigenvalue weighted by molar-refractivity contribution is -0.144. The topological polar surface area (TPSA) is 52.6 Å². The Hall–Kier alpha value is -2.70. The van der Waals surface area contributed by atoms with Crippen LogP contribution in [0.5, 0.6) is 5.75 Å². The lowest BCUT2D eigenvalue weighted by Gasteiger charge is -2.38. The van der Waals surface area contributed by atoms with E-state index in [1.807, 2.05) is 0 Å². The number of halogens is 3. The third-order valence-corrected chi connectivity index (χ3v) is 4.20. The fourth-order valence-corrected chi connectivity index (χ4v) is 3.06. The van der Waals surface area contributed by atoms with Crippen molar-refractivity contribution in [2.24, 2.45) is 0 Å². The largest absolute Gasteiger partial charge is 0.507 e. The molecule has 0 fully saturated rings. The van der Waals surface area contributed by atoms with Crippen LogP contribution in [-0.2, 0) is 0 Å². The maximum Gasteiger partial charge on any atom is 0.406 e. The SMILES string of the molecule is Cc1cc([C@H]2Nc3ccccc3C(=O)N2CC(F)(F)F)cc(C)c1O. The highest BCUT2D eigenvalue weighted by Gasteiger charge is 2.40. The molecule has 3 rings (SSSR count). The van der Waals surface area contributed by atoms with Gasteiger partial charge in [-0.3, -0.25) is 4.79 Å². The van der Waals surface area contributed by atoms with E-state index in [0.717, 1.165) is 4.90 Å². The van der Waals surface area contributed by atoms with Crippen molar-refractivity contribution in [3.63, 3.8) is 0 Å². The van der Waals surface area contributed by atoms with E-state index in [0.29, 0.717) is 22.4 Å². The van der Waals surface area contributed by atoms with Crippen LogP contribution in [0.15, 0.2) is 36.4 Å². The van der Waals surface area contributed by atoms with Crippen molar-refractivity contribution in [2.75, 3.05) is 11.9 Å². The van der Waals surface area contributed by atoms with Crippen molar-refractivity contribution >= 4 is 11.6 Å². The number of hydrogen-bond donors (Lipinski definition) is 2. The fraction of sp³-hybridized carbons (Fsp3) is 0.278. The fourth-order valence-electron chi connectivity index (χ4n) is 3.06. The molecule has 0 aliphatic carbocycles. The zero-order valence-electron chi connectivity index (χ0n) is 13.7. The molecular formula is C18H17F3N2O2. The number of aromatic hydroxyl groups is 1. The Morgan fingerprint density at radius 3 is 2.36 bits per heavy atom. The molecule has 2 N–H and O–H groups in total. The third-order valence-electron chi connectivity index (χ3n) is 4.20. The van der Waals surface area contributed by atoms with Crippen molar-refractivity contribution in [2.45, 2.75) is 26.2 Å². The van der Waals surface area contributed by atoms with Crippen LogP contribution in [0.1, 0.15) is 33.2 Å². The lowest BCUT2D eigenvalue weighted by Crippen LogP contribution is -2.47. The van der Waals surface area contributed by atoms with Crippen LogP contribution in [0.2, 0.25) is 0 Å². The minimum Gasteiger partial charge on any atom is -0.507 e. The van der Waals surface area contributed by atoms with Crippen LogP contribution in [0.3, 0.4) is 0 Å². The number of benzene rings is 2. The zero-order valence-corrected chi connectivity index (χ0v) is 13.7. The smallest absolute Gasteiger partial charge is 0.406 e. The van der Waals surface area contributed by atoms with Crippen molar-refractivity contribution in [3.8, 4) is 5.75 Å². The monoisotopic (exact) mass is 350 g/mol. The van der Waals surface area contributed by atoms with Gasteiger partial charge in [0.05, 0.1) is 5.56 Å². The minimum absolute atomic E-state index is 0.0913. The van der Waals surface area contributed by atoms with Crippen molar-refractivity contribution < 1.29 is 23.1 Å². The molecule has 1 aliphatic heterocycles. The third kappa shape index (κ3) is 3.26. The summed E-state index contributed by atoms with van der Waals surface area (Å²) in [6.07, 6.45) is -5.50. The van der Waals surface area contributed by atoms with E-state index in [-0.39, 0.29) is 11.3 Å². The highest BCUT2D eigenvalue weighted by molar-refractivity contribution is 6.01. The molecule has 1 atom stereocenters. The molecule has 4 nitrogen and oxygen atoms in total. The van der Waals surface area contributed by atoms with Crippen LogP contribution in [0.4, 0.5) is 18.9 Å². The van der Waals surface area contributed by atoms with Gasteiger partial charge in [0, 0.05) is 5.69 Å². The maximum atomic E-state index is 13.0. The van der Waals surface area contributed by atoms with Crippen LogP contribution in [0, 0.1) is 13.8 Å². The van der Waals surface area contributed by atoms with E-state index >= 15 is 0 Å². The number of anilines is 1. The molecule has 0 saturated heterocycles. The zero-order chi connectivity index (χ0) is 18.4. The van der Waals surface area contributed by atoms with Crippen molar-refractivity contribution in [3.05, 3.63) is 58.7 Å². The second kappa shape index (κ2) is 5.98. The highest BCUT2D eigenvalue weighted by atomic mass is 19.4. The summed E-state index contributed by atoms with van der Waals surface area (Å²) in [5.74, 6) is -0.589. The summed E-state index contributed by atoms with van der Waals surface area (Å²) < 4.78 is 39.1. The number of carbonyl (C=O) groups excluding carboxylic acids is 1. The Bertz CT molecular complexity index is 810. The Morgan fingerprint density at radius 1 is 1.16 bits per heavy atom. The predicted octanol–water partition coefficient (Wildman–Crippen LogP) is 4.14. The van der Waals surface area contributed by atoms with Gasteiger partial charge in [-0.1, -0.05) is 12.1 Å². The lowest BCUT2D eigenvalue weighted by atomic mass is 9.99. The van der Waals surface area contributed by atoms with Gasteiger partial charge in [-0.25, -0.2) is 0 Å². The van der Waals surface area contributed by atoms with Crippen molar-refractivity contribution in [1.82, 2.24) is 4.90 Å². The number of amides is 1. The molecule has 2 aromatic carbocycles. The summed E-state index contributed by atoms with van der Waals surface area (Å²) in [5.41, 5.74) is 2.25. The maximum absolute atomic E-state index is 13.0. The molecule has 0 bridgehead atoms. The molecule has 1 heterocycles. The van der Waals surface area contributed by atoms with E-state index in [1.54, 1.807) is 44.2 Å². The Morgan fingerprint density at radius 2 is 1.76 bits per heavy atom. The van der Waals surface area contributed by atoms with E-state index in [2.05, 4.69) is 5.32 Å². The quantitative estimate of drug-likeness (QED) is 0.856. The molecule has 7 heteroatoms. The van der Waals surface area contributed by atoms with Gasteiger partial charge in [0.1, 0.15) is 18.5 Å². The average Bonchev–Trinajstić information content (AvgIpc) is 2.53. The standard InChI is InChI=1S/C18H17F3N2O2/c1-10-7-12(8-11(2)15(10)24)16-22-14-6-4-3-5-13(14)17(25)23(16)9-18(19,20)21/h3-8,16,22,24H,9H2,1-2H3/t16-/m0/s1. The van der Waals surface area contributed by atoms with Gasteiger partial charge in [-0.05, 0) is 54.8 Å². The Kier molecular flexibility index (Phi) is 4.10. The molecule has 0 spiro atoms. The second-order valence-corrected chi connectivity index (χ2v) is 6.14. The molecule has 0 unspecified atom stereocenters. The first-order valence-corrected chi connectivity index (χ1v) is 7.71. The molecular weight excluding hydrogens is 333 g/mol. The normalized spacial score (nSPS) is 17.2. The molecule has 132 valence electrons. The predicted molar refractivity (Wildman–Crippen MR) is 87.5 cm³/mol. The van der Waals surface area contributed by atoms with E-state index < -0.39 is 24.8 Å². The van der Waals surface area contributed by atoms with Gasteiger partial charge < -0.3 is 15.3 Å². The van der Waals surface area contributed by atoms with Crippen LogP contribution in [-0.4, -0.2) is 28.6 Å². The van der Waals surface area contributed by atoms with Gasteiger partial charge in [0.15, 0.2) is 0 Å². The number of phenolic OH excluding ortho intramolecular Hbond substituents is 1. The molecule has 2 aromatic rings. The number of hydrogen-bond acceptors (Lipinski definition) is 3. The number of para-hydroxylation sites is 1. The number of carbonyl (C=O) groups is 1. The number of nitrogens with one attached hydrogen (secondary N) is 1. The van der Waals surface area contributed by atoms with Gasteiger partial charge in [-0.15, -0.1) is 0 Å². The molecule has 0 aromatic heterocycles. The number of alkyl halides is 3. The summed E-state index contributed by atoms with van der Waals surface area (Å²) in [6.45, 7) is 1.97. The number of phenols is 1. The van der Waals surface area contributed by atoms with Gasteiger partial charge >= 0.3 is 6.18 Å². The van der Waals surface area contributed by atoms with Crippen LogP contribution >= 0.6 is 0 Å². The number of aryl methyl sites for hydroxylation is 2.